The maximum atomic E-state index is 12.2. The molecule has 1 aromatic rings. The first-order valence-corrected chi connectivity index (χ1v) is 8.74. The van der Waals surface area contributed by atoms with Crippen LogP contribution in [-0.4, -0.2) is 66.8 Å². The fraction of sp³-hybridized carbons (Fsp3) is 0.611. The van der Waals surface area contributed by atoms with Crippen molar-refractivity contribution in [3.63, 3.8) is 0 Å². The Hall–Kier alpha value is -2.15. The second kappa shape index (κ2) is 7.39. The van der Waals surface area contributed by atoms with Gasteiger partial charge in [-0.2, -0.15) is 0 Å². The number of hydrogen-bond acceptors (Lipinski definition) is 5. The zero-order valence-electron chi connectivity index (χ0n) is 14.6. The molecule has 1 atom stereocenters. The first-order valence-electron chi connectivity index (χ1n) is 8.74. The summed E-state index contributed by atoms with van der Waals surface area (Å²) in [6.07, 6.45) is 5.15. The van der Waals surface area contributed by atoms with Gasteiger partial charge in [-0.05, 0) is 31.4 Å². The minimum Gasteiger partial charge on any atom is -0.477 e. The number of pyridine rings is 1. The van der Waals surface area contributed by atoms with Crippen LogP contribution >= 0.6 is 0 Å². The molecular formula is C18H25N3O4. The van der Waals surface area contributed by atoms with Crippen molar-refractivity contribution in [1.82, 2.24) is 9.88 Å². The zero-order valence-corrected chi connectivity index (χ0v) is 14.6. The van der Waals surface area contributed by atoms with Gasteiger partial charge in [-0.15, -0.1) is 0 Å². The first-order chi connectivity index (χ1) is 12.0. The number of carboxylic acids is 1. The third-order valence-electron chi connectivity index (χ3n) is 5.30. The van der Waals surface area contributed by atoms with Gasteiger partial charge >= 0.3 is 5.97 Å². The van der Waals surface area contributed by atoms with E-state index in [0.717, 1.165) is 44.6 Å². The number of aromatic carboxylic acids is 1. The van der Waals surface area contributed by atoms with Crippen molar-refractivity contribution >= 4 is 17.6 Å². The average Bonchev–Trinajstić information content (AvgIpc) is 2.63. The van der Waals surface area contributed by atoms with Crippen LogP contribution in [0.3, 0.4) is 0 Å². The van der Waals surface area contributed by atoms with Gasteiger partial charge in [0.2, 0.25) is 5.91 Å². The van der Waals surface area contributed by atoms with Crippen molar-refractivity contribution in [1.29, 1.82) is 0 Å². The highest BCUT2D eigenvalue weighted by atomic mass is 16.5. The first kappa shape index (κ1) is 17.7. The minimum atomic E-state index is -1.01. The van der Waals surface area contributed by atoms with Crippen LogP contribution in [0.2, 0.25) is 0 Å². The van der Waals surface area contributed by atoms with Gasteiger partial charge in [0.05, 0.1) is 6.61 Å². The second-order valence-electron chi connectivity index (χ2n) is 7.04. The van der Waals surface area contributed by atoms with Gasteiger partial charge in [0, 0.05) is 57.0 Å². The molecule has 1 amide bonds. The molecule has 0 aromatic carbocycles. The summed E-state index contributed by atoms with van der Waals surface area (Å²) in [7, 11) is 1.65. The number of hydrogen-bond donors (Lipinski definition) is 1. The Balaban J connectivity index is 1.75. The highest BCUT2D eigenvalue weighted by molar-refractivity contribution is 5.86. The molecule has 0 saturated carbocycles. The van der Waals surface area contributed by atoms with Crippen molar-refractivity contribution in [2.45, 2.75) is 25.7 Å². The molecule has 7 heteroatoms. The molecule has 0 aliphatic carbocycles. The van der Waals surface area contributed by atoms with Gasteiger partial charge in [-0.1, -0.05) is 0 Å². The molecule has 136 valence electrons. The monoisotopic (exact) mass is 347 g/mol. The normalized spacial score (nSPS) is 24.0. The topological polar surface area (TPSA) is 83.0 Å². The van der Waals surface area contributed by atoms with Crippen molar-refractivity contribution in [2.75, 3.05) is 44.8 Å². The van der Waals surface area contributed by atoms with Crippen molar-refractivity contribution in [3.8, 4) is 0 Å². The number of piperidine rings is 2. The average molecular weight is 347 g/mol. The van der Waals surface area contributed by atoms with E-state index in [1.165, 1.54) is 0 Å². The quantitative estimate of drug-likeness (QED) is 0.872. The van der Waals surface area contributed by atoms with Gasteiger partial charge < -0.3 is 19.6 Å². The van der Waals surface area contributed by atoms with Crippen LogP contribution in [0, 0.1) is 5.41 Å². The Morgan fingerprint density at radius 2 is 2.24 bits per heavy atom. The van der Waals surface area contributed by atoms with Crippen LogP contribution in [0.1, 0.15) is 36.2 Å². The number of amides is 1. The van der Waals surface area contributed by atoms with Crippen LogP contribution < -0.4 is 4.90 Å². The molecule has 0 bridgehead atoms. The number of carbonyl (C=O) groups is 2. The number of anilines is 1. The lowest BCUT2D eigenvalue weighted by Crippen LogP contribution is -2.54. The minimum absolute atomic E-state index is 0.0673. The Kier molecular flexibility index (Phi) is 5.22. The predicted molar refractivity (Wildman–Crippen MR) is 92.8 cm³/mol. The summed E-state index contributed by atoms with van der Waals surface area (Å²) in [6.45, 7) is 3.68. The van der Waals surface area contributed by atoms with E-state index in [2.05, 4.69) is 9.88 Å². The van der Waals surface area contributed by atoms with E-state index in [0.29, 0.717) is 19.6 Å². The van der Waals surface area contributed by atoms with Gasteiger partial charge in [0.1, 0.15) is 5.69 Å². The lowest BCUT2D eigenvalue weighted by Gasteiger charge is -2.49. The summed E-state index contributed by atoms with van der Waals surface area (Å²) in [6, 6.07) is 3.50. The largest absolute Gasteiger partial charge is 0.477 e. The molecule has 1 aromatic heterocycles. The van der Waals surface area contributed by atoms with E-state index in [1.807, 2.05) is 11.0 Å². The van der Waals surface area contributed by atoms with E-state index in [-0.39, 0.29) is 17.0 Å². The number of carboxylic acid groups (broad SMARTS) is 1. The number of ether oxygens (including phenoxy) is 1. The lowest BCUT2D eigenvalue weighted by atomic mass is 9.73. The van der Waals surface area contributed by atoms with Crippen molar-refractivity contribution in [2.24, 2.45) is 5.41 Å². The van der Waals surface area contributed by atoms with E-state index in [1.54, 1.807) is 19.4 Å². The van der Waals surface area contributed by atoms with E-state index >= 15 is 0 Å². The maximum absolute atomic E-state index is 12.2. The summed E-state index contributed by atoms with van der Waals surface area (Å²) in [5.74, 6) is -0.806. The third-order valence-corrected chi connectivity index (χ3v) is 5.30. The molecule has 7 nitrogen and oxygen atoms in total. The standard InChI is InChI=1S/C18H25N3O4/c1-25-10-9-21-13-18(6-3-16(21)22)5-2-8-20(12-18)14-4-7-19-15(11-14)17(23)24/h4,7,11H,2-3,5-6,8-10,12-13H2,1H3,(H,23,24). The number of likely N-dealkylation sites (tertiary alicyclic amines) is 1. The second-order valence-corrected chi connectivity index (χ2v) is 7.04. The summed E-state index contributed by atoms with van der Waals surface area (Å²) < 4.78 is 5.13. The molecule has 2 aliphatic heterocycles. The molecule has 1 N–H and O–H groups in total. The SMILES string of the molecule is COCCN1CC2(CCCN(c3ccnc(C(=O)O)c3)C2)CCC1=O. The molecule has 1 unspecified atom stereocenters. The number of methoxy groups -OCH3 is 1. The highest BCUT2D eigenvalue weighted by Crippen LogP contribution is 2.40. The molecule has 3 heterocycles. The summed E-state index contributed by atoms with van der Waals surface area (Å²) in [5, 5.41) is 9.16. The Bertz CT molecular complexity index is 651. The molecular weight excluding hydrogens is 322 g/mol. The van der Waals surface area contributed by atoms with Crippen LogP contribution in [-0.2, 0) is 9.53 Å². The van der Waals surface area contributed by atoms with E-state index in [4.69, 9.17) is 9.84 Å². The summed E-state index contributed by atoms with van der Waals surface area (Å²) >= 11 is 0. The van der Waals surface area contributed by atoms with Crippen LogP contribution in [0.25, 0.3) is 0 Å². The Morgan fingerprint density at radius 3 is 3.00 bits per heavy atom. The van der Waals surface area contributed by atoms with Gasteiger partial charge in [0.25, 0.3) is 0 Å². The van der Waals surface area contributed by atoms with Crippen LogP contribution in [0.4, 0.5) is 5.69 Å². The van der Waals surface area contributed by atoms with Gasteiger partial charge in [-0.3, -0.25) is 4.79 Å². The van der Waals surface area contributed by atoms with Crippen molar-refractivity contribution < 1.29 is 19.4 Å². The highest BCUT2D eigenvalue weighted by Gasteiger charge is 2.41. The predicted octanol–water partition coefficient (Wildman–Crippen LogP) is 1.64. The number of aromatic nitrogens is 1. The number of rotatable bonds is 5. The van der Waals surface area contributed by atoms with E-state index < -0.39 is 5.97 Å². The molecule has 2 saturated heterocycles. The molecule has 25 heavy (non-hydrogen) atoms. The molecule has 1 spiro atoms. The Labute approximate surface area is 147 Å². The van der Waals surface area contributed by atoms with Crippen LogP contribution in [0.15, 0.2) is 18.3 Å². The molecule has 2 fully saturated rings. The Morgan fingerprint density at radius 1 is 1.40 bits per heavy atom. The fourth-order valence-corrected chi connectivity index (χ4v) is 4.00. The molecule has 3 rings (SSSR count). The zero-order chi connectivity index (χ0) is 17.9. The van der Waals surface area contributed by atoms with Gasteiger partial charge in [0.15, 0.2) is 0 Å². The molecule has 0 radical (unpaired) electrons. The van der Waals surface area contributed by atoms with Gasteiger partial charge in [-0.25, -0.2) is 9.78 Å². The number of carbonyl (C=O) groups excluding carboxylic acids is 1. The molecule has 2 aliphatic rings. The summed E-state index contributed by atoms with van der Waals surface area (Å²) in [5.41, 5.74) is 1.04. The van der Waals surface area contributed by atoms with E-state index in [9.17, 15) is 9.59 Å². The van der Waals surface area contributed by atoms with Crippen molar-refractivity contribution in [3.05, 3.63) is 24.0 Å². The maximum Gasteiger partial charge on any atom is 0.354 e. The number of nitrogens with zero attached hydrogens (tertiary/aromatic N) is 3. The smallest absolute Gasteiger partial charge is 0.354 e. The third kappa shape index (κ3) is 3.92. The summed E-state index contributed by atoms with van der Waals surface area (Å²) in [4.78, 5) is 31.4. The fourth-order valence-electron chi connectivity index (χ4n) is 4.00. The lowest BCUT2D eigenvalue weighted by molar-refractivity contribution is -0.138. The van der Waals surface area contributed by atoms with Crippen LogP contribution in [0.5, 0.6) is 0 Å².